The average Bonchev–Trinajstić information content (AvgIpc) is 2.99. The summed E-state index contributed by atoms with van der Waals surface area (Å²) in [6.45, 7) is 10.7. The van der Waals surface area contributed by atoms with Gasteiger partial charge in [-0.15, -0.1) is 0 Å². The second-order valence-corrected chi connectivity index (χ2v) is 12.3. The molecule has 0 unspecified atom stereocenters. The normalized spacial score (nSPS) is 11.6. The summed E-state index contributed by atoms with van der Waals surface area (Å²) in [4.78, 5) is 26.9. The summed E-state index contributed by atoms with van der Waals surface area (Å²) in [6, 6.07) is -0.647. The molecule has 0 aromatic carbocycles. The van der Waals surface area contributed by atoms with E-state index in [1.165, 1.54) is 13.8 Å². The molecule has 0 saturated heterocycles. The van der Waals surface area contributed by atoms with E-state index in [1.807, 2.05) is 25.9 Å². The number of quaternary nitrogens is 1. The van der Waals surface area contributed by atoms with E-state index in [9.17, 15) is 9.59 Å². The number of hydrogen-bond donors (Lipinski definition) is 11. The van der Waals surface area contributed by atoms with Crippen LogP contribution in [0.4, 0.5) is 0 Å². The van der Waals surface area contributed by atoms with E-state index in [1.54, 1.807) is 0 Å². The summed E-state index contributed by atoms with van der Waals surface area (Å²) in [7, 11) is 10.0. The Morgan fingerprint density at radius 2 is 1.23 bits per heavy atom. The summed E-state index contributed by atoms with van der Waals surface area (Å²) in [6.07, 6.45) is 5.75. The number of likely N-dealkylation sites (N-methyl/N-ethyl adjacent to an activating group) is 2. The summed E-state index contributed by atoms with van der Waals surface area (Å²) < 4.78 is 0.844. The summed E-state index contributed by atoms with van der Waals surface area (Å²) in [5.74, 6) is 0.142. The van der Waals surface area contributed by atoms with Gasteiger partial charge in [-0.1, -0.05) is 20.3 Å². The number of nitrogens with two attached hydrogens (primary N) is 7. The smallest absolute Gasteiger partial charge is 0.185 e. The van der Waals surface area contributed by atoms with Crippen molar-refractivity contribution in [3.8, 4) is 0 Å². The summed E-state index contributed by atoms with van der Waals surface area (Å²) in [5, 5.41) is 33.6. The van der Waals surface area contributed by atoms with Crippen LogP contribution in [0.5, 0.6) is 0 Å². The summed E-state index contributed by atoms with van der Waals surface area (Å²) >= 11 is 0. The molecule has 18 N–H and O–H groups in total. The molecule has 288 valence electrons. The minimum atomic E-state index is -0.764. The van der Waals surface area contributed by atoms with E-state index in [0.29, 0.717) is 25.9 Å². The van der Waals surface area contributed by atoms with Gasteiger partial charge in [0, 0.05) is 13.1 Å². The Kier molecular flexibility index (Phi) is 49.3. The van der Waals surface area contributed by atoms with Crippen LogP contribution in [0, 0.1) is 0 Å². The third-order valence-corrected chi connectivity index (χ3v) is 5.92. The monoisotopic (exact) mass is 688 g/mol. The van der Waals surface area contributed by atoms with E-state index < -0.39 is 5.54 Å². The van der Waals surface area contributed by atoms with Crippen molar-refractivity contribution in [1.82, 2.24) is 4.90 Å². The molecule has 0 aromatic rings. The lowest BCUT2D eigenvalue weighted by molar-refractivity contribution is -0.870. The molecule has 0 aliphatic carbocycles. The van der Waals surface area contributed by atoms with Gasteiger partial charge in [-0.2, -0.15) is 0 Å². The maximum atomic E-state index is 10.7. The summed E-state index contributed by atoms with van der Waals surface area (Å²) in [5.41, 5.74) is 36.1. The Hall–Kier alpha value is -1.83. The van der Waals surface area contributed by atoms with Crippen molar-refractivity contribution in [2.24, 2.45) is 45.1 Å². The first kappa shape index (κ1) is 57.4. The zero-order valence-corrected chi connectivity index (χ0v) is 31.5. The van der Waals surface area contributed by atoms with Crippen LogP contribution < -0.4 is 40.1 Å². The lowest BCUT2D eigenvalue weighted by Gasteiger charge is -2.21. The molecule has 0 amide bonds. The van der Waals surface area contributed by atoms with Crippen molar-refractivity contribution in [2.75, 3.05) is 94.4 Å². The van der Waals surface area contributed by atoms with Gasteiger partial charge in [0.1, 0.15) is 18.1 Å². The van der Waals surface area contributed by atoms with Crippen molar-refractivity contribution in [3.63, 3.8) is 0 Å². The Bertz CT molecular complexity index is 678. The number of carbonyl (C=O) groups is 2. The van der Waals surface area contributed by atoms with Gasteiger partial charge in [0.2, 0.25) is 0 Å². The molecule has 0 bridgehead atoms. The lowest BCUT2D eigenvalue weighted by Crippen LogP contribution is -2.46. The number of aliphatic hydroxyl groups excluding tert-OH is 4. The fourth-order valence-corrected chi connectivity index (χ4v) is 2.21. The van der Waals surface area contributed by atoms with Crippen LogP contribution in [0.15, 0.2) is 4.99 Å². The fraction of sp³-hybridized carbons (Fsp3) is 0.903. The first-order valence-corrected chi connectivity index (χ1v) is 16.3. The zero-order chi connectivity index (χ0) is 38.5. The molecule has 16 nitrogen and oxygen atoms in total. The predicted octanol–water partition coefficient (Wildman–Crippen LogP) is -2.35. The molecular formula is C31H79N10O6+. The maximum absolute atomic E-state index is 10.7. The Morgan fingerprint density at radius 1 is 0.809 bits per heavy atom. The number of Topliss-reactive ketones (excluding diaryl/α,β-unsaturated/α-hetero) is 2. The lowest BCUT2D eigenvalue weighted by atomic mass is 10.0. The molecule has 47 heavy (non-hydrogen) atoms. The maximum Gasteiger partial charge on any atom is 0.185 e. The van der Waals surface area contributed by atoms with Gasteiger partial charge >= 0.3 is 0 Å². The number of aliphatic imine (C=N–C) groups is 1. The van der Waals surface area contributed by atoms with Gasteiger partial charge in [-0.25, -0.2) is 0 Å². The molecular weight excluding hydrogens is 608 g/mol. The number of ketones is 2. The van der Waals surface area contributed by atoms with Crippen LogP contribution in [0.3, 0.4) is 0 Å². The molecule has 2 atom stereocenters. The predicted molar refractivity (Wildman–Crippen MR) is 196 cm³/mol. The van der Waals surface area contributed by atoms with Crippen LogP contribution in [-0.2, 0) is 9.59 Å². The number of hydrogen-bond acceptors (Lipinski definition) is 13. The second kappa shape index (κ2) is 40.3. The van der Waals surface area contributed by atoms with Crippen molar-refractivity contribution in [2.45, 2.75) is 90.3 Å². The number of aliphatic hydroxyl groups is 4. The van der Waals surface area contributed by atoms with E-state index in [-0.39, 0.29) is 56.0 Å². The molecule has 16 heteroatoms. The van der Waals surface area contributed by atoms with Crippen molar-refractivity contribution >= 4 is 17.5 Å². The van der Waals surface area contributed by atoms with Gasteiger partial charge in [0.05, 0.1) is 65.2 Å². The Morgan fingerprint density at radius 3 is 1.40 bits per heavy atom. The number of guanidine groups is 1. The average molecular weight is 688 g/mol. The standard InChI is InChI=1S/C7H16N4O.C7H16N2O.C5H13NO2.C5H14NO.C4H11NO.C3H9N/c1-5(12)6(8)3-2-4-11-7(9)10;1-6(10)7(9)4-2-3-5-8;1-2-5(6,3-7)4-8;1-6(2,3)4-5-7;1-5(2)3-4-6;1-2-3-4/h6H,2-4,8H2,1H3,(H4,9,10,11);7H,2-5,8-9H2,1H3;7-8H,2-4,6H2,1H3;7H,4-5H2,1-3H3;6H,3-4H2,1-2H3;2-4H2,1H3/q;;;+1;;/t6-;7-;;;;/m00..../s1. The van der Waals surface area contributed by atoms with E-state index in [2.05, 4.69) is 33.1 Å². The highest BCUT2D eigenvalue weighted by molar-refractivity contribution is 5.81. The molecule has 0 aliphatic heterocycles. The van der Waals surface area contributed by atoms with Gasteiger partial charge in [0.25, 0.3) is 0 Å². The second-order valence-electron chi connectivity index (χ2n) is 12.3. The van der Waals surface area contributed by atoms with Gasteiger partial charge in [-0.05, 0) is 79.6 Å². The van der Waals surface area contributed by atoms with Crippen molar-refractivity contribution < 1.29 is 34.5 Å². The van der Waals surface area contributed by atoms with Crippen LogP contribution in [-0.4, -0.2) is 159 Å². The molecule has 0 aromatic heterocycles. The topological polar surface area (TPSA) is 313 Å². The highest BCUT2D eigenvalue weighted by Gasteiger charge is 2.19. The molecule has 0 heterocycles. The number of unbranched alkanes of at least 4 members (excludes halogenated alkanes) is 1. The third-order valence-electron chi connectivity index (χ3n) is 5.92. The molecule has 0 spiro atoms. The Labute approximate surface area is 286 Å². The Balaban J connectivity index is -0.000000111. The molecule has 0 fully saturated rings. The number of rotatable bonds is 18. The largest absolute Gasteiger partial charge is 0.395 e. The van der Waals surface area contributed by atoms with Crippen molar-refractivity contribution in [3.05, 3.63) is 0 Å². The quantitative estimate of drug-likeness (QED) is 0.0311. The van der Waals surface area contributed by atoms with Crippen molar-refractivity contribution in [1.29, 1.82) is 0 Å². The first-order valence-electron chi connectivity index (χ1n) is 16.3. The van der Waals surface area contributed by atoms with E-state index in [4.69, 9.17) is 60.6 Å². The molecule has 0 aliphatic rings. The van der Waals surface area contributed by atoms with Crippen LogP contribution in [0.1, 0.15) is 72.6 Å². The minimum absolute atomic E-state index is 0.000278. The van der Waals surface area contributed by atoms with E-state index >= 15 is 0 Å². The van der Waals surface area contributed by atoms with Crippen LogP contribution in [0.25, 0.3) is 0 Å². The third kappa shape index (κ3) is 63.5. The number of nitrogens with zero attached hydrogens (tertiary/aromatic N) is 3. The van der Waals surface area contributed by atoms with E-state index in [0.717, 1.165) is 56.2 Å². The molecule has 0 rings (SSSR count). The molecule has 0 saturated carbocycles. The van der Waals surface area contributed by atoms with Crippen LogP contribution >= 0.6 is 0 Å². The SMILES string of the molecule is CC(=O)[C@@H](N)CCCCN.CC(=O)[C@@H](N)CCCN=C(N)N.CCC(N)(CO)CO.CCCN.CN(C)CCO.C[N+](C)(C)CCO. The molecule has 0 radical (unpaired) electrons. The minimum Gasteiger partial charge on any atom is -0.395 e. The fourth-order valence-electron chi connectivity index (χ4n) is 2.21. The van der Waals surface area contributed by atoms with Gasteiger partial charge in [0.15, 0.2) is 5.96 Å². The highest BCUT2D eigenvalue weighted by Crippen LogP contribution is 2.01. The number of carbonyl (C=O) groups excluding carboxylic acids is 2. The van der Waals surface area contributed by atoms with Crippen LogP contribution in [0.2, 0.25) is 0 Å². The first-order chi connectivity index (χ1) is 21.6. The highest BCUT2D eigenvalue weighted by atomic mass is 16.3. The van der Waals surface area contributed by atoms with Gasteiger partial charge in [-0.3, -0.25) is 14.6 Å². The van der Waals surface area contributed by atoms with Gasteiger partial charge < -0.3 is 69.9 Å². The zero-order valence-electron chi connectivity index (χ0n) is 31.5.